The van der Waals surface area contributed by atoms with Gasteiger partial charge in [-0.15, -0.1) is 0 Å². The Balaban J connectivity index is 0.871. The van der Waals surface area contributed by atoms with Gasteiger partial charge in [0.1, 0.15) is 0 Å². The Hall–Kier alpha value is -4.04. The maximum Gasteiger partial charge on any atom is 0.262 e. The van der Waals surface area contributed by atoms with E-state index in [4.69, 9.17) is 0 Å². The summed E-state index contributed by atoms with van der Waals surface area (Å²) in [6.45, 7) is 19.6. The van der Waals surface area contributed by atoms with Crippen LogP contribution in [0.2, 0.25) is 0 Å². The highest BCUT2D eigenvalue weighted by Gasteiger charge is 2.42. The van der Waals surface area contributed by atoms with Gasteiger partial charge in [-0.3, -0.25) is 19.4 Å². The number of allylic oxidation sites excluding steroid dienone is 1. The summed E-state index contributed by atoms with van der Waals surface area (Å²) < 4.78 is 0. The third kappa shape index (κ3) is 6.71. The van der Waals surface area contributed by atoms with E-state index in [2.05, 4.69) is 69.3 Å². The van der Waals surface area contributed by atoms with Gasteiger partial charge in [0.2, 0.25) is 0 Å². The van der Waals surface area contributed by atoms with E-state index in [1.807, 2.05) is 18.2 Å². The first-order valence-electron chi connectivity index (χ1n) is 17.8. The van der Waals surface area contributed by atoms with Gasteiger partial charge in [0.25, 0.3) is 11.8 Å². The zero-order valence-electron chi connectivity index (χ0n) is 27.8. The van der Waals surface area contributed by atoms with Crippen molar-refractivity contribution in [3.63, 3.8) is 0 Å². The lowest BCUT2D eigenvalue weighted by molar-refractivity contribution is 0.0592. The van der Waals surface area contributed by atoms with Crippen molar-refractivity contribution in [3.8, 4) is 0 Å². The van der Waals surface area contributed by atoms with E-state index in [0.29, 0.717) is 41.6 Å². The van der Waals surface area contributed by atoms with Crippen molar-refractivity contribution in [2.24, 2.45) is 5.92 Å². The van der Waals surface area contributed by atoms with Gasteiger partial charge in [-0.05, 0) is 80.3 Å². The lowest BCUT2D eigenvalue weighted by atomic mass is 9.94. The highest BCUT2D eigenvalue weighted by atomic mass is 16.2. The van der Waals surface area contributed by atoms with Crippen molar-refractivity contribution in [1.29, 1.82) is 0 Å². The predicted molar refractivity (Wildman–Crippen MR) is 190 cm³/mol. The van der Waals surface area contributed by atoms with E-state index < -0.39 is 0 Å². The number of amides is 2. The second kappa shape index (κ2) is 13.6. The Morgan fingerprint density at radius 1 is 0.766 bits per heavy atom. The Morgan fingerprint density at radius 3 is 2.13 bits per heavy atom. The van der Waals surface area contributed by atoms with Gasteiger partial charge >= 0.3 is 0 Å². The minimum atomic E-state index is -0.342. The van der Waals surface area contributed by atoms with Crippen molar-refractivity contribution in [3.05, 3.63) is 90.3 Å². The van der Waals surface area contributed by atoms with Crippen LogP contribution < -0.4 is 20.4 Å². The summed E-state index contributed by atoms with van der Waals surface area (Å²) in [7, 11) is 0. The number of nitrogens with zero attached hydrogens (tertiary/aromatic N) is 4. The third-order valence-electron chi connectivity index (χ3n) is 11.1. The number of nitrogens with one attached hydrogen (secondary N) is 2. The Kier molecular flexibility index (Phi) is 9.13. The molecular weight excluding hydrogens is 584 g/mol. The fourth-order valence-corrected chi connectivity index (χ4v) is 8.25. The van der Waals surface area contributed by atoms with Crippen LogP contribution in [0.5, 0.6) is 0 Å². The molecule has 2 aromatic rings. The Bertz CT molecular complexity index is 1530. The van der Waals surface area contributed by atoms with Crippen LogP contribution in [0.3, 0.4) is 0 Å². The molecule has 2 amide bonds. The largest absolute Gasteiger partial charge is 0.382 e. The molecule has 1 saturated carbocycles. The van der Waals surface area contributed by atoms with Crippen molar-refractivity contribution in [2.45, 2.75) is 69.9 Å². The van der Waals surface area contributed by atoms with Crippen molar-refractivity contribution >= 4 is 28.9 Å². The van der Waals surface area contributed by atoms with E-state index in [1.165, 1.54) is 61.1 Å². The third-order valence-corrected chi connectivity index (χ3v) is 11.1. The summed E-state index contributed by atoms with van der Waals surface area (Å²) >= 11 is 0. The number of hydrogen-bond acceptors (Lipinski definition) is 7. The molecule has 1 unspecified atom stereocenters. The van der Waals surface area contributed by atoms with Crippen LogP contribution >= 0.6 is 0 Å². The molecule has 0 bridgehead atoms. The molecule has 0 radical (unpaired) electrons. The van der Waals surface area contributed by atoms with E-state index >= 15 is 0 Å². The van der Waals surface area contributed by atoms with Gasteiger partial charge in [-0.1, -0.05) is 51.1 Å². The zero-order chi connectivity index (χ0) is 32.5. The number of carbonyl (C=O) groups is 2. The van der Waals surface area contributed by atoms with Gasteiger partial charge in [0, 0.05) is 80.3 Å². The number of benzene rings is 2. The Labute approximate surface area is 280 Å². The zero-order valence-corrected chi connectivity index (χ0v) is 27.8. The molecule has 7 rings (SSSR count). The van der Waals surface area contributed by atoms with Gasteiger partial charge in [0.15, 0.2) is 0 Å². The molecule has 1 atom stereocenters. The SMILES string of the molecule is C=C1CCC(N2C(=O)c3ccc(N4CCN(CC5CCN(c6ccc(C(=C)NC7CCCCC7)cc6)CC5)CC4)cc3C2=O)C(=C)N1. The molecular formula is C39H50N6O2. The number of fused-ring (bicyclic) bond motifs is 1. The molecule has 1 aliphatic carbocycles. The monoisotopic (exact) mass is 634 g/mol. The fraction of sp³-hybridized carbons (Fsp3) is 0.487. The number of carbonyl (C=O) groups excluding carboxylic acids is 2. The number of anilines is 2. The number of imide groups is 1. The van der Waals surface area contributed by atoms with E-state index in [0.717, 1.165) is 62.9 Å². The number of piperidine rings is 2. The molecule has 4 fully saturated rings. The highest BCUT2D eigenvalue weighted by Crippen LogP contribution is 2.34. The summed E-state index contributed by atoms with van der Waals surface area (Å²) in [6.07, 6.45) is 10.3. The lowest BCUT2D eigenvalue weighted by Gasteiger charge is -2.40. The smallest absolute Gasteiger partial charge is 0.262 e. The van der Waals surface area contributed by atoms with E-state index in [9.17, 15) is 9.59 Å². The molecule has 0 spiro atoms. The van der Waals surface area contributed by atoms with Crippen LogP contribution in [0.25, 0.3) is 5.70 Å². The molecule has 5 aliphatic rings. The summed E-state index contributed by atoms with van der Waals surface area (Å²) in [5.74, 6) is 0.274. The van der Waals surface area contributed by atoms with Crippen LogP contribution in [0, 0.1) is 5.92 Å². The number of hydrogen-bond donors (Lipinski definition) is 2. The maximum atomic E-state index is 13.4. The van der Waals surface area contributed by atoms with Gasteiger partial charge in [0.05, 0.1) is 17.2 Å². The van der Waals surface area contributed by atoms with Crippen LogP contribution in [0.15, 0.2) is 73.6 Å². The van der Waals surface area contributed by atoms with E-state index in [-0.39, 0.29) is 17.9 Å². The average Bonchev–Trinajstić information content (AvgIpc) is 3.34. The molecule has 8 nitrogen and oxygen atoms in total. The van der Waals surface area contributed by atoms with E-state index in [1.54, 1.807) is 0 Å². The molecule has 4 aliphatic heterocycles. The quantitative estimate of drug-likeness (QED) is 0.346. The topological polar surface area (TPSA) is 71.2 Å². The van der Waals surface area contributed by atoms with Crippen molar-refractivity contribution in [1.82, 2.24) is 20.4 Å². The summed E-state index contributed by atoms with van der Waals surface area (Å²) in [5, 5.41) is 6.81. The second-order valence-electron chi connectivity index (χ2n) is 14.2. The normalized spacial score (nSPS) is 23.2. The standard InChI is InChI=1S/C39H50N6O2/c1-27-9-16-37(29(3)40-27)45-38(46)35-15-14-34(25-36(35)39(45)47)44-23-21-42(22-24-44)26-30-17-19-43(20-18-30)33-12-10-31(11-13-33)28(2)41-32-7-5-4-6-8-32/h10-15,25,30,32,37,40-41H,1-9,16-24,26H2. The minimum absolute atomic E-state index is 0.217. The first kappa shape index (κ1) is 31.6. The molecule has 0 aromatic heterocycles. The number of piperazine rings is 1. The fourth-order valence-electron chi connectivity index (χ4n) is 8.25. The maximum absolute atomic E-state index is 13.4. The van der Waals surface area contributed by atoms with Gasteiger partial charge in [-0.2, -0.15) is 0 Å². The first-order valence-corrected chi connectivity index (χ1v) is 17.8. The molecule has 8 heteroatoms. The molecule has 4 heterocycles. The van der Waals surface area contributed by atoms with Gasteiger partial charge < -0.3 is 20.4 Å². The highest BCUT2D eigenvalue weighted by molar-refractivity contribution is 6.22. The van der Waals surface area contributed by atoms with Crippen molar-refractivity contribution in [2.75, 3.05) is 55.6 Å². The van der Waals surface area contributed by atoms with Crippen LogP contribution in [-0.4, -0.2) is 79.5 Å². The Morgan fingerprint density at radius 2 is 1.43 bits per heavy atom. The molecule has 248 valence electrons. The van der Waals surface area contributed by atoms with Crippen LogP contribution in [0.1, 0.15) is 84.1 Å². The lowest BCUT2D eigenvalue weighted by Crippen LogP contribution is -2.49. The van der Waals surface area contributed by atoms with Crippen LogP contribution in [-0.2, 0) is 0 Å². The second-order valence-corrected chi connectivity index (χ2v) is 14.2. The molecule has 2 aromatic carbocycles. The summed E-state index contributed by atoms with van der Waals surface area (Å²) in [4.78, 5) is 35.6. The average molecular weight is 635 g/mol. The first-order chi connectivity index (χ1) is 22.8. The predicted octanol–water partition coefficient (Wildman–Crippen LogP) is 5.99. The number of rotatable bonds is 8. The van der Waals surface area contributed by atoms with Gasteiger partial charge in [-0.25, -0.2) is 0 Å². The molecule has 2 N–H and O–H groups in total. The minimum Gasteiger partial charge on any atom is -0.382 e. The summed E-state index contributed by atoms with van der Waals surface area (Å²) in [6, 6.07) is 15.0. The van der Waals surface area contributed by atoms with Crippen molar-refractivity contribution < 1.29 is 9.59 Å². The summed E-state index contributed by atoms with van der Waals surface area (Å²) in [5.41, 5.74) is 7.13. The molecule has 3 saturated heterocycles. The molecule has 47 heavy (non-hydrogen) atoms. The van der Waals surface area contributed by atoms with Crippen LogP contribution in [0.4, 0.5) is 11.4 Å².